The number of carboxylic acids is 1. The zero-order valence-corrected chi connectivity index (χ0v) is 23.1. The van der Waals surface area contributed by atoms with E-state index >= 15 is 0 Å². The standard InChI is InChI=1S/C28H34F3N5O5/c1-4-19-8-7-18(13-21(19)26(39)40)16-36(11-5-6-12-36)35-24(37)15-32-25(38)22-14-20(28(29,30)31)9-10-23(22)34-27(41)33-17(2)3/h7-10,13-14,17H,4-6,11-12,15-16H2,1-3H3,(H4-,32,33,34,35,37,38,39,40,41). The van der Waals surface area contributed by atoms with Gasteiger partial charge in [0, 0.05) is 30.0 Å². The number of nitrogens with zero attached hydrogens (tertiary/aromatic N) is 1. The number of aromatic carboxylic acids is 1. The number of alkyl halides is 3. The number of nitrogens with one attached hydrogen (secondary N) is 4. The van der Waals surface area contributed by atoms with E-state index in [-0.39, 0.29) is 21.9 Å². The fraction of sp³-hybridized carbons (Fsp3) is 0.429. The number of carbonyl (C=O) groups excluding carboxylic acids is 4. The number of halogens is 3. The number of benzene rings is 2. The smallest absolute Gasteiger partial charge is 0.416 e. The number of likely N-dealkylation sites (tertiary alicyclic amines) is 1. The van der Waals surface area contributed by atoms with E-state index in [1.807, 2.05) is 6.92 Å². The summed E-state index contributed by atoms with van der Waals surface area (Å²) in [7, 11) is 0. The Kier molecular flexibility index (Phi) is 9.97. The molecule has 3 rings (SSSR count). The van der Waals surface area contributed by atoms with Crippen LogP contribution in [0.1, 0.15) is 71.0 Å². The van der Waals surface area contributed by atoms with Gasteiger partial charge in [0.2, 0.25) is 0 Å². The largest absolute Gasteiger partial charge is 0.545 e. The molecule has 0 bridgehead atoms. The predicted octanol–water partition coefficient (Wildman–Crippen LogP) is 2.73. The van der Waals surface area contributed by atoms with Gasteiger partial charge in [-0.2, -0.15) is 13.2 Å². The molecule has 0 radical (unpaired) electrons. The number of hydrogen-bond donors (Lipinski definition) is 4. The first kappa shape index (κ1) is 31.4. The summed E-state index contributed by atoms with van der Waals surface area (Å²) in [5, 5.41) is 18.8. The molecule has 0 spiro atoms. The van der Waals surface area contributed by atoms with E-state index in [2.05, 4.69) is 21.4 Å². The Labute approximate surface area is 235 Å². The lowest BCUT2D eigenvalue weighted by Gasteiger charge is -2.33. The van der Waals surface area contributed by atoms with Gasteiger partial charge in [0.05, 0.1) is 22.8 Å². The fourth-order valence-electron chi connectivity index (χ4n) is 4.82. The summed E-state index contributed by atoms with van der Waals surface area (Å²) >= 11 is 0. The lowest BCUT2D eigenvalue weighted by molar-refractivity contribution is -0.963. The van der Waals surface area contributed by atoms with Crippen molar-refractivity contribution in [1.82, 2.24) is 16.1 Å². The van der Waals surface area contributed by atoms with Gasteiger partial charge in [-0.25, -0.2) is 14.8 Å². The molecule has 222 valence electrons. The van der Waals surface area contributed by atoms with Crippen molar-refractivity contribution >= 4 is 29.5 Å². The van der Waals surface area contributed by atoms with E-state index in [4.69, 9.17) is 0 Å². The highest BCUT2D eigenvalue weighted by atomic mass is 19.4. The number of anilines is 1. The van der Waals surface area contributed by atoms with E-state index in [1.165, 1.54) is 6.07 Å². The third kappa shape index (κ3) is 8.43. The van der Waals surface area contributed by atoms with Crippen LogP contribution in [0.5, 0.6) is 0 Å². The Balaban J connectivity index is 1.74. The van der Waals surface area contributed by atoms with Crippen molar-refractivity contribution in [1.29, 1.82) is 0 Å². The molecule has 1 aliphatic rings. The van der Waals surface area contributed by atoms with Crippen LogP contribution in [0.4, 0.5) is 23.7 Å². The molecule has 1 saturated heterocycles. The van der Waals surface area contributed by atoms with E-state index in [1.54, 1.807) is 26.0 Å². The summed E-state index contributed by atoms with van der Waals surface area (Å²) in [6, 6.07) is 6.43. The van der Waals surface area contributed by atoms with Crippen LogP contribution in [0.15, 0.2) is 36.4 Å². The van der Waals surface area contributed by atoms with Gasteiger partial charge in [0.25, 0.3) is 11.8 Å². The number of hydrogen-bond acceptors (Lipinski definition) is 5. The van der Waals surface area contributed by atoms with Gasteiger partial charge >= 0.3 is 12.2 Å². The van der Waals surface area contributed by atoms with E-state index in [0.717, 1.165) is 25.0 Å². The number of amides is 4. The second-order valence-electron chi connectivity index (χ2n) is 10.3. The van der Waals surface area contributed by atoms with Crippen molar-refractivity contribution in [2.45, 2.75) is 58.8 Å². The molecule has 2 aromatic carbocycles. The van der Waals surface area contributed by atoms with Crippen LogP contribution in [-0.2, 0) is 23.9 Å². The lowest BCUT2D eigenvalue weighted by atomic mass is 10.0. The minimum absolute atomic E-state index is 0.0912. The highest BCUT2D eigenvalue weighted by molar-refractivity contribution is 6.04. The first-order valence-electron chi connectivity index (χ1n) is 13.3. The second-order valence-corrected chi connectivity index (χ2v) is 10.3. The molecule has 0 aromatic heterocycles. The van der Waals surface area contributed by atoms with Crippen LogP contribution in [0.25, 0.3) is 0 Å². The Morgan fingerprint density at radius 2 is 1.68 bits per heavy atom. The van der Waals surface area contributed by atoms with Crippen molar-refractivity contribution < 1.29 is 42.0 Å². The van der Waals surface area contributed by atoms with Crippen molar-refractivity contribution in [3.8, 4) is 0 Å². The quantitative estimate of drug-likeness (QED) is 0.322. The fourth-order valence-corrected chi connectivity index (χ4v) is 4.82. The summed E-state index contributed by atoms with van der Waals surface area (Å²) in [5.74, 6) is -2.84. The van der Waals surface area contributed by atoms with Crippen LogP contribution in [-0.4, -0.2) is 54.1 Å². The SMILES string of the molecule is CCc1ccc(C[N+]2(NC(=O)CNC(=O)c3cc(C(F)(F)F)ccc3NC(=O)NC(C)C)CCCC2)cc1C(=O)[O-]. The number of aryl methyl sites for hydroxylation is 1. The molecule has 1 heterocycles. The summed E-state index contributed by atoms with van der Waals surface area (Å²) in [5.41, 5.74) is 2.60. The highest BCUT2D eigenvalue weighted by Gasteiger charge is 2.35. The molecule has 10 nitrogen and oxygen atoms in total. The molecule has 0 saturated carbocycles. The van der Waals surface area contributed by atoms with Gasteiger partial charge in [-0.15, -0.1) is 0 Å². The number of carboxylic acid groups (broad SMARTS) is 1. The molecule has 0 unspecified atom stereocenters. The van der Waals surface area contributed by atoms with Crippen LogP contribution >= 0.6 is 0 Å². The Bertz CT molecular complexity index is 1310. The summed E-state index contributed by atoms with van der Waals surface area (Å²) in [6.45, 7) is 6.13. The first-order chi connectivity index (χ1) is 19.2. The molecular formula is C28H34F3N5O5. The number of carbonyl (C=O) groups is 4. The van der Waals surface area contributed by atoms with E-state index in [9.17, 15) is 37.5 Å². The normalized spacial score (nSPS) is 14.4. The average molecular weight is 578 g/mol. The minimum atomic E-state index is -4.73. The van der Waals surface area contributed by atoms with Crippen molar-refractivity contribution in [2.24, 2.45) is 0 Å². The minimum Gasteiger partial charge on any atom is -0.545 e. The molecule has 0 atom stereocenters. The third-order valence-corrected chi connectivity index (χ3v) is 6.71. The maximum atomic E-state index is 13.3. The maximum absolute atomic E-state index is 13.3. The molecule has 1 aliphatic heterocycles. The number of urea groups is 1. The highest BCUT2D eigenvalue weighted by Crippen LogP contribution is 2.32. The molecule has 13 heteroatoms. The number of rotatable bonds is 10. The maximum Gasteiger partial charge on any atom is 0.416 e. The molecule has 1 fully saturated rings. The third-order valence-electron chi connectivity index (χ3n) is 6.71. The molecular weight excluding hydrogens is 543 g/mol. The molecule has 0 aliphatic carbocycles. The van der Waals surface area contributed by atoms with Crippen molar-refractivity contribution in [3.05, 3.63) is 64.2 Å². The molecule has 2 aromatic rings. The van der Waals surface area contributed by atoms with Crippen LogP contribution in [0, 0.1) is 0 Å². The Hall–Kier alpha value is -4.13. The molecule has 4 N–H and O–H groups in total. The van der Waals surface area contributed by atoms with Gasteiger partial charge in [0.15, 0.2) is 0 Å². The lowest BCUT2D eigenvalue weighted by Crippen LogP contribution is -2.59. The average Bonchev–Trinajstić information content (AvgIpc) is 3.33. The topological polar surface area (TPSA) is 139 Å². The van der Waals surface area contributed by atoms with Gasteiger partial charge < -0.3 is 25.9 Å². The first-order valence-corrected chi connectivity index (χ1v) is 13.3. The van der Waals surface area contributed by atoms with Gasteiger partial charge in [-0.05, 0) is 50.1 Å². The van der Waals surface area contributed by atoms with Crippen LogP contribution in [0.3, 0.4) is 0 Å². The van der Waals surface area contributed by atoms with Crippen molar-refractivity contribution in [2.75, 3.05) is 25.0 Å². The zero-order valence-electron chi connectivity index (χ0n) is 23.1. The van der Waals surface area contributed by atoms with E-state index in [0.29, 0.717) is 43.2 Å². The van der Waals surface area contributed by atoms with Gasteiger partial charge in [-0.1, -0.05) is 19.1 Å². The molecule has 41 heavy (non-hydrogen) atoms. The van der Waals surface area contributed by atoms with Crippen LogP contribution in [0.2, 0.25) is 0 Å². The summed E-state index contributed by atoms with van der Waals surface area (Å²) in [4.78, 5) is 49.6. The Morgan fingerprint density at radius 1 is 1.00 bits per heavy atom. The van der Waals surface area contributed by atoms with Gasteiger partial charge in [-0.3, -0.25) is 9.59 Å². The molecule has 4 amide bonds. The zero-order chi connectivity index (χ0) is 30.4. The second kappa shape index (κ2) is 13.0. The van der Waals surface area contributed by atoms with Crippen molar-refractivity contribution in [3.63, 3.8) is 0 Å². The van der Waals surface area contributed by atoms with Gasteiger partial charge in [0.1, 0.15) is 26.2 Å². The Morgan fingerprint density at radius 3 is 2.27 bits per heavy atom. The monoisotopic (exact) mass is 577 g/mol. The van der Waals surface area contributed by atoms with E-state index < -0.39 is 47.7 Å². The summed E-state index contributed by atoms with van der Waals surface area (Å²) < 4.78 is 40.1. The predicted molar refractivity (Wildman–Crippen MR) is 142 cm³/mol. The summed E-state index contributed by atoms with van der Waals surface area (Å²) in [6.07, 6.45) is -2.59. The number of quaternary nitrogens is 1. The van der Waals surface area contributed by atoms with Crippen LogP contribution < -0.4 is 26.5 Å².